The average Bonchev–Trinajstić information content (AvgIpc) is 3.36. The molecule has 8 heteroatoms. The van der Waals surface area contributed by atoms with Crippen LogP contribution in [0, 0.1) is 11.8 Å². The number of carbonyl (C=O) groups is 2. The first-order chi connectivity index (χ1) is 14.2. The maximum Gasteiger partial charge on any atom is 0.414 e. The maximum atomic E-state index is 12.0. The summed E-state index contributed by atoms with van der Waals surface area (Å²) in [5.41, 5.74) is 2.57. The number of benzene rings is 2. The number of thioether (sulfide) groups is 1. The van der Waals surface area contributed by atoms with E-state index in [0.717, 1.165) is 25.8 Å². The van der Waals surface area contributed by atoms with Gasteiger partial charge in [-0.2, -0.15) is 0 Å². The average molecular weight is 424 g/mol. The summed E-state index contributed by atoms with van der Waals surface area (Å²) in [4.78, 5) is 29.6. The van der Waals surface area contributed by atoms with Crippen molar-refractivity contribution in [2.45, 2.75) is 4.34 Å². The monoisotopic (exact) mass is 423 g/mol. The summed E-state index contributed by atoms with van der Waals surface area (Å²) < 4.78 is 6.93. The molecule has 2 heterocycles. The van der Waals surface area contributed by atoms with E-state index >= 15 is 0 Å². The summed E-state index contributed by atoms with van der Waals surface area (Å²) in [6.07, 6.45) is -0.324. The van der Waals surface area contributed by atoms with Crippen LogP contribution in [0.25, 0.3) is 10.2 Å². The number of anilines is 1. The van der Waals surface area contributed by atoms with Crippen molar-refractivity contribution in [2.75, 3.05) is 30.3 Å². The number of thiazole rings is 1. The van der Waals surface area contributed by atoms with E-state index in [9.17, 15) is 9.59 Å². The van der Waals surface area contributed by atoms with Crippen molar-refractivity contribution in [3.63, 3.8) is 0 Å². The molecule has 0 bridgehead atoms. The minimum absolute atomic E-state index is 0.0774. The highest BCUT2D eigenvalue weighted by atomic mass is 32.2. The Balaban J connectivity index is 1.23. The van der Waals surface area contributed by atoms with E-state index in [1.165, 1.54) is 11.8 Å². The highest BCUT2D eigenvalue weighted by molar-refractivity contribution is 8.01. The van der Waals surface area contributed by atoms with Gasteiger partial charge in [0.05, 0.1) is 29.1 Å². The number of carbonyl (C=O) groups excluding carboxylic acids is 2. The number of rotatable bonds is 5. The molecule has 0 saturated carbocycles. The van der Waals surface area contributed by atoms with Gasteiger partial charge >= 0.3 is 6.09 Å². The Morgan fingerprint density at radius 2 is 2.07 bits per heavy atom. The van der Waals surface area contributed by atoms with E-state index in [1.807, 2.05) is 48.5 Å². The van der Waals surface area contributed by atoms with E-state index in [0.29, 0.717) is 18.9 Å². The number of amides is 2. The van der Waals surface area contributed by atoms with Crippen LogP contribution in [0.15, 0.2) is 52.9 Å². The van der Waals surface area contributed by atoms with Gasteiger partial charge in [-0.05, 0) is 36.4 Å². The van der Waals surface area contributed by atoms with E-state index in [-0.39, 0.29) is 18.5 Å². The Hall–Kier alpha value is -3.02. The zero-order chi connectivity index (χ0) is 20.1. The van der Waals surface area contributed by atoms with Gasteiger partial charge in [-0.15, -0.1) is 11.3 Å². The molecule has 0 spiro atoms. The summed E-state index contributed by atoms with van der Waals surface area (Å²) in [5.74, 6) is 6.17. The molecule has 0 atom stereocenters. The van der Waals surface area contributed by atoms with Gasteiger partial charge in [0.2, 0.25) is 5.91 Å². The predicted octanol–water partition coefficient (Wildman–Crippen LogP) is 3.51. The molecule has 6 nitrogen and oxygen atoms in total. The minimum atomic E-state index is -0.324. The Bertz CT molecular complexity index is 1070. The fraction of sp³-hybridized carbons (Fsp3) is 0.190. The van der Waals surface area contributed by atoms with Crippen LogP contribution < -0.4 is 10.2 Å². The van der Waals surface area contributed by atoms with Crippen molar-refractivity contribution in [3.05, 3.63) is 54.1 Å². The fourth-order valence-electron chi connectivity index (χ4n) is 2.73. The number of cyclic esters (lactones) is 1. The molecule has 146 valence electrons. The normalized spacial score (nSPS) is 13.1. The van der Waals surface area contributed by atoms with E-state index < -0.39 is 0 Å². The van der Waals surface area contributed by atoms with Crippen LogP contribution in [0.5, 0.6) is 0 Å². The van der Waals surface area contributed by atoms with Gasteiger partial charge in [0.1, 0.15) is 6.61 Å². The minimum Gasteiger partial charge on any atom is -0.447 e. The summed E-state index contributed by atoms with van der Waals surface area (Å²) in [6, 6.07) is 15.3. The molecule has 1 aliphatic heterocycles. The van der Waals surface area contributed by atoms with Crippen LogP contribution in [0.2, 0.25) is 0 Å². The van der Waals surface area contributed by atoms with E-state index in [2.05, 4.69) is 22.1 Å². The molecule has 3 aromatic rings. The molecule has 1 aromatic heterocycles. The summed E-state index contributed by atoms with van der Waals surface area (Å²) in [6.45, 7) is 1.25. The van der Waals surface area contributed by atoms with Crippen molar-refractivity contribution < 1.29 is 14.3 Å². The molecule has 0 aliphatic carbocycles. The lowest BCUT2D eigenvalue weighted by atomic mass is 10.2. The van der Waals surface area contributed by atoms with Crippen molar-refractivity contribution in [1.82, 2.24) is 10.3 Å². The lowest BCUT2D eigenvalue weighted by molar-refractivity contribution is -0.118. The van der Waals surface area contributed by atoms with Crippen molar-refractivity contribution >= 4 is 51.0 Å². The number of hydrogen-bond acceptors (Lipinski definition) is 6. The number of hydrogen-bond donors (Lipinski definition) is 1. The Morgan fingerprint density at radius 1 is 1.24 bits per heavy atom. The molecule has 4 rings (SSSR count). The van der Waals surface area contributed by atoms with Crippen LogP contribution in [0.4, 0.5) is 10.5 Å². The second kappa shape index (κ2) is 8.99. The molecular weight excluding hydrogens is 406 g/mol. The predicted molar refractivity (Wildman–Crippen MR) is 115 cm³/mol. The molecule has 2 aromatic carbocycles. The topological polar surface area (TPSA) is 71.5 Å². The van der Waals surface area contributed by atoms with Gasteiger partial charge < -0.3 is 10.1 Å². The number of aromatic nitrogens is 1. The highest BCUT2D eigenvalue weighted by Crippen LogP contribution is 2.29. The fourth-order valence-corrected chi connectivity index (χ4v) is 4.63. The number of nitrogens with one attached hydrogen (secondary N) is 1. The Kier molecular flexibility index (Phi) is 5.98. The number of fused-ring (bicyclic) bond motifs is 1. The molecule has 29 heavy (non-hydrogen) atoms. The molecule has 0 unspecified atom stereocenters. The van der Waals surface area contributed by atoms with Gasteiger partial charge in [-0.3, -0.25) is 9.69 Å². The first kappa shape index (κ1) is 19.3. The van der Waals surface area contributed by atoms with Gasteiger partial charge in [0, 0.05) is 11.3 Å². The van der Waals surface area contributed by atoms with Crippen LogP contribution in [0.3, 0.4) is 0 Å². The van der Waals surface area contributed by atoms with Crippen LogP contribution in [-0.2, 0) is 9.53 Å². The quantitative estimate of drug-likeness (QED) is 0.502. The second-order valence-corrected chi connectivity index (χ2v) is 8.38. The third-order valence-corrected chi connectivity index (χ3v) is 6.33. The largest absolute Gasteiger partial charge is 0.447 e. The third-order valence-electron chi connectivity index (χ3n) is 4.15. The number of para-hydroxylation sites is 1. The van der Waals surface area contributed by atoms with Crippen LogP contribution in [0.1, 0.15) is 5.56 Å². The van der Waals surface area contributed by atoms with Crippen molar-refractivity contribution in [1.29, 1.82) is 0 Å². The van der Waals surface area contributed by atoms with Crippen molar-refractivity contribution in [2.24, 2.45) is 0 Å². The first-order valence-electron chi connectivity index (χ1n) is 8.97. The molecule has 1 fully saturated rings. The molecule has 0 radical (unpaired) electrons. The van der Waals surface area contributed by atoms with Crippen molar-refractivity contribution in [3.8, 4) is 11.8 Å². The zero-order valence-corrected chi connectivity index (χ0v) is 17.0. The van der Waals surface area contributed by atoms with E-state index in [4.69, 9.17) is 4.74 Å². The molecular formula is C21H17N3O3S2. The maximum absolute atomic E-state index is 12.0. The lowest BCUT2D eigenvalue weighted by Gasteiger charge is -2.11. The number of nitrogens with zero attached hydrogens (tertiary/aromatic N) is 2. The molecule has 1 saturated heterocycles. The molecule has 1 N–H and O–H groups in total. The Morgan fingerprint density at radius 3 is 2.83 bits per heavy atom. The zero-order valence-electron chi connectivity index (χ0n) is 15.4. The lowest BCUT2D eigenvalue weighted by Crippen LogP contribution is -2.25. The van der Waals surface area contributed by atoms with Gasteiger partial charge in [-0.1, -0.05) is 35.7 Å². The van der Waals surface area contributed by atoms with Gasteiger partial charge in [-0.25, -0.2) is 9.78 Å². The number of ether oxygens (including phenoxy) is 1. The van der Waals surface area contributed by atoms with E-state index in [1.54, 1.807) is 16.2 Å². The Labute approximate surface area is 176 Å². The summed E-state index contributed by atoms with van der Waals surface area (Å²) in [7, 11) is 0. The van der Waals surface area contributed by atoms with Crippen LogP contribution >= 0.6 is 23.1 Å². The third kappa shape index (κ3) is 4.88. The van der Waals surface area contributed by atoms with Gasteiger partial charge in [0.25, 0.3) is 0 Å². The standard InChI is InChI=1S/C21H17N3O3S2/c25-19(14-28-20-23-17-5-1-2-6-18(17)29-20)22-11-3-4-15-7-9-16(10-8-15)24-12-13-27-21(24)26/h1-2,5-10H,11-14H2,(H,22,25). The first-order valence-corrected chi connectivity index (χ1v) is 10.8. The smallest absolute Gasteiger partial charge is 0.414 e. The van der Waals surface area contributed by atoms with Gasteiger partial charge in [0.15, 0.2) is 4.34 Å². The molecule has 2 amide bonds. The molecule has 1 aliphatic rings. The second-order valence-electron chi connectivity index (χ2n) is 6.13. The summed E-state index contributed by atoms with van der Waals surface area (Å²) >= 11 is 3.01. The van der Waals surface area contributed by atoms with Crippen LogP contribution in [-0.4, -0.2) is 42.4 Å². The summed E-state index contributed by atoms with van der Waals surface area (Å²) in [5, 5.41) is 2.79. The highest BCUT2D eigenvalue weighted by Gasteiger charge is 2.23. The SMILES string of the molecule is O=C(CSc1nc2ccccc2s1)NCC#Cc1ccc(N2CCOC2=O)cc1.